The molecule has 0 atom stereocenters. The second-order valence-corrected chi connectivity index (χ2v) is 8.75. The zero-order valence-electron chi connectivity index (χ0n) is 18.5. The van der Waals surface area contributed by atoms with Gasteiger partial charge in [-0.25, -0.2) is 9.79 Å². The minimum absolute atomic E-state index is 0.100. The Morgan fingerprint density at radius 1 is 1.19 bits per heavy atom. The van der Waals surface area contributed by atoms with Crippen molar-refractivity contribution in [1.82, 2.24) is 9.47 Å². The first kappa shape index (κ1) is 21.9. The molecular weight excluding hydrogens is 422 g/mol. The molecule has 1 fully saturated rings. The third kappa shape index (κ3) is 4.21. The summed E-state index contributed by atoms with van der Waals surface area (Å²) in [7, 11) is 1.71. The van der Waals surface area contributed by atoms with Crippen LogP contribution in [-0.2, 0) is 9.53 Å². The normalized spacial score (nSPS) is 16.7. The summed E-state index contributed by atoms with van der Waals surface area (Å²) in [5.41, 5.74) is 3.17. The van der Waals surface area contributed by atoms with Crippen LogP contribution in [-0.4, -0.2) is 40.2 Å². The smallest absolute Gasteiger partial charge is 0.338 e. The quantitative estimate of drug-likeness (QED) is 0.375. The number of benzene rings is 2. The van der Waals surface area contributed by atoms with Crippen LogP contribution in [0, 0.1) is 0 Å². The number of rotatable bonds is 5. The summed E-state index contributed by atoms with van der Waals surface area (Å²) in [4.78, 5) is 31.7. The molecule has 2 aromatic carbocycles. The van der Waals surface area contributed by atoms with Crippen LogP contribution < -0.4 is 0 Å². The molecule has 0 unspecified atom stereocenters. The van der Waals surface area contributed by atoms with Crippen LogP contribution in [0.1, 0.15) is 42.7 Å². The van der Waals surface area contributed by atoms with Gasteiger partial charge in [0, 0.05) is 35.8 Å². The summed E-state index contributed by atoms with van der Waals surface area (Å²) >= 11 is 1.33. The number of nitrogens with zero attached hydrogens (tertiary/aromatic N) is 3. The molecule has 6 nitrogen and oxygen atoms in total. The number of esters is 1. The van der Waals surface area contributed by atoms with Gasteiger partial charge in [0.2, 0.25) is 0 Å². The summed E-state index contributed by atoms with van der Waals surface area (Å²) in [6.07, 6.45) is 4.02. The Labute approximate surface area is 191 Å². The van der Waals surface area contributed by atoms with E-state index in [0.717, 1.165) is 16.5 Å². The lowest BCUT2D eigenvalue weighted by atomic mass is 10.1. The molecule has 0 spiro atoms. The minimum Gasteiger partial charge on any atom is -0.462 e. The van der Waals surface area contributed by atoms with E-state index >= 15 is 0 Å². The molecule has 4 rings (SSSR count). The third-order valence-electron chi connectivity index (χ3n) is 5.20. The van der Waals surface area contributed by atoms with Crippen LogP contribution in [0.15, 0.2) is 64.6 Å². The molecule has 1 aromatic heterocycles. The van der Waals surface area contributed by atoms with Gasteiger partial charge < -0.3 is 9.30 Å². The molecule has 7 heteroatoms. The van der Waals surface area contributed by atoms with Gasteiger partial charge in [-0.15, -0.1) is 0 Å². The fourth-order valence-electron chi connectivity index (χ4n) is 3.59. The van der Waals surface area contributed by atoms with E-state index in [4.69, 9.17) is 4.74 Å². The zero-order chi connectivity index (χ0) is 22.8. The molecule has 3 aromatic rings. The maximum absolute atomic E-state index is 12.9. The van der Waals surface area contributed by atoms with Gasteiger partial charge in [0.05, 0.1) is 22.8 Å². The number of fused-ring (bicyclic) bond motifs is 1. The largest absolute Gasteiger partial charge is 0.462 e. The van der Waals surface area contributed by atoms with Gasteiger partial charge in [0.25, 0.3) is 5.91 Å². The first-order chi connectivity index (χ1) is 15.4. The van der Waals surface area contributed by atoms with Crippen molar-refractivity contribution in [3.63, 3.8) is 0 Å². The van der Waals surface area contributed by atoms with Crippen molar-refractivity contribution in [2.75, 3.05) is 13.7 Å². The van der Waals surface area contributed by atoms with E-state index in [1.54, 1.807) is 38.2 Å². The number of ether oxygens (including phenoxy) is 1. The average Bonchev–Trinajstić information content (AvgIpc) is 3.28. The van der Waals surface area contributed by atoms with E-state index in [2.05, 4.69) is 41.7 Å². The second kappa shape index (κ2) is 9.04. The molecule has 0 saturated carbocycles. The van der Waals surface area contributed by atoms with Crippen molar-refractivity contribution in [3.05, 3.63) is 70.8 Å². The molecule has 32 heavy (non-hydrogen) atoms. The summed E-state index contributed by atoms with van der Waals surface area (Å²) in [6, 6.07) is 15.4. The number of carbonyl (C=O) groups excluding carboxylic acids is 2. The fourth-order valence-corrected chi connectivity index (χ4v) is 4.57. The van der Waals surface area contributed by atoms with Crippen LogP contribution >= 0.6 is 11.8 Å². The highest BCUT2D eigenvalue weighted by molar-refractivity contribution is 8.18. The number of hydrogen-bond donors (Lipinski definition) is 0. The van der Waals surface area contributed by atoms with Gasteiger partial charge >= 0.3 is 5.97 Å². The van der Waals surface area contributed by atoms with Crippen molar-refractivity contribution in [3.8, 4) is 0 Å². The van der Waals surface area contributed by atoms with E-state index in [-0.39, 0.29) is 11.9 Å². The Bertz CT molecular complexity index is 1260. The predicted molar refractivity (Wildman–Crippen MR) is 130 cm³/mol. The Morgan fingerprint density at radius 2 is 1.97 bits per heavy atom. The van der Waals surface area contributed by atoms with Crippen LogP contribution in [0.25, 0.3) is 17.0 Å². The zero-order valence-corrected chi connectivity index (χ0v) is 19.3. The summed E-state index contributed by atoms with van der Waals surface area (Å²) in [6.45, 7) is 6.36. The van der Waals surface area contributed by atoms with E-state index in [9.17, 15) is 9.59 Å². The Hall–Kier alpha value is -3.32. The monoisotopic (exact) mass is 447 g/mol. The second-order valence-electron chi connectivity index (χ2n) is 7.74. The molecule has 0 radical (unpaired) electrons. The molecule has 0 N–H and O–H groups in total. The molecule has 1 aliphatic heterocycles. The first-order valence-electron chi connectivity index (χ1n) is 10.5. The number of carbonyl (C=O) groups is 2. The molecule has 1 amide bonds. The Kier molecular flexibility index (Phi) is 6.19. The maximum atomic E-state index is 12.9. The minimum atomic E-state index is -0.389. The van der Waals surface area contributed by atoms with E-state index in [1.165, 1.54) is 16.7 Å². The standard InChI is InChI=1S/C25H25N3O3S/c1-5-31-24(30)17-9-8-10-19(13-17)26-25-27(4)23(29)22(32-25)14-18-15-28(16(2)3)21-12-7-6-11-20(18)21/h6-16H,5H2,1-4H3. The van der Waals surface area contributed by atoms with Crippen molar-refractivity contribution in [1.29, 1.82) is 0 Å². The van der Waals surface area contributed by atoms with Gasteiger partial charge in [0.15, 0.2) is 5.17 Å². The van der Waals surface area contributed by atoms with Crippen molar-refractivity contribution in [2.45, 2.75) is 26.8 Å². The Morgan fingerprint density at radius 3 is 2.72 bits per heavy atom. The van der Waals surface area contributed by atoms with Crippen LogP contribution in [0.2, 0.25) is 0 Å². The van der Waals surface area contributed by atoms with Crippen LogP contribution in [0.3, 0.4) is 0 Å². The predicted octanol–water partition coefficient (Wildman–Crippen LogP) is 5.63. The number of likely N-dealkylation sites (N-methyl/N-ethyl adjacent to an activating group) is 1. The number of amidine groups is 1. The summed E-state index contributed by atoms with van der Waals surface area (Å²) in [5, 5.41) is 1.67. The van der Waals surface area contributed by atoms with Gasteiger partial charge in [-0.1, -0.05) is 24.3 Å². The van der Waals surface area contributed by atoms with E-state index in [1.807, 2.05) is 18.2 Å². The SMILES string of the molecule is CCOC(=O)c1cccc(N=C2SC(=Cc3cn(C(C)C)c4ccccc34)C(=O)N2C)c1. The lowest BCUT2D eigenvalue weighted by molar-refractivity contribution is -0.121. The number of aromatic nitrogens is 1. The van der Waals surface area contributed by atoms with Crippen molar-refractivity contribution in [2.24, 2.45) is 4.99 Å². The maximum Gasteiger partial charge on any atom is 0.338 e. The number of amides is 1. The number of thioether (sulfide) groups is 1. The average molecular weight is 448 g/mol. The van der Waals surface area contributed by atoms with Crippen LogP contribution in [0.5, 0.6) is 0 Å². The lowest BCUT2D eigenvalue weighted by Crippen LogP contribution is -2.23. The molecule has 1 saturated heterocycles. The van der Waals surface area contributed by atoms with Crippen molar-refractivity contribution < 1.29 is 14.3 Å². The first-order valence-corrected chi connectivity index (χ1v) is 11.3. The number of aliphatic imine (C=N–C) groups is 1. The molecule has 1 aliphatic rings. The highest BCUT2D eigenvalue weighted by Crippen LogP contribution is 2.35. The van der Waals surface area contributed by atoms with Gasteiger partial charge in [0.1, 0.15) is 0 Å². The third-order valence-corrected chi connectivity index (χ3v) is 6.26. The lowest BCUT2D eigenvalue weighted by Gasteiger charge is -2.08. The molecule has 164 valence electrons. The molecule has 0 bridgehead atoms. The van der Waals surface area contributed by atoms with Gasteiger partial charge in [-0.3, -0.25) is 9.69 Å². The fraction of sp³-hybridized carbons (Fsp3) is 0.240. The highest BCUT2D eigenvalue weighted by Gasteiger charge is 2.30. The number of para-hydroxylation sites is 1. The number of hydrogen-bond acceptors (Lipinski definition) is 5. The Balaban J connectivity index is 1.67. The van der Waals surface area contributed by atoms with Gasteiger partial charge in [-0.05, 0) is 62.9 Å². The summed E-state index contributed by atoms with van der Waals surface area (Å²) in [5.74, 6) is -0.489. The highest BCUT2D eigenvalue weighted by atomic mass is 32.2. The molecule has 2 heterocycles. The van der Waals surface area contributed by atoms with Crippen LogP contribution in [0.4, 0.5) is 5.69 Å². The van der Waals surface area contributed by atoms with E-state index in [0.29, 0.717) is 34.0 Å². The topological polar surface area (TPSA) is 63.9 Å². The van der Waals surface area contributed by atoms with Gasteiger partial charge in [-0.2, -0.15) is 0 Å². The molecular formula is C25H25N3O3S. The molecule has 0 aliphatic carbocycles. The van der Waals surface area contributed by atoms with Crippen molar-refractivity contribution >= 4 is 51.5 Å². The van der Waals surface area contributed by atoms with E-state index < -0.39 is 0 Å². The summed E-state index contributed by atoms with van der Waals surface area (Å²) < 4.78 is 7.27.